The lowest BCUT2D eigenvalue weighted by Gasteiger charge is -2.36. The van der Waals surface area contributed by atoms with Gasteiger partial charge in [0.2, 0.25) is 0 Å². The van der Waals surface area contributed by atoms with Crippen LogP contribution in [-0.2, 0) is 6.54 Å². The Morgan fingerprint density at radius 2 is 1.76 bits per heavy atom. The molecule has 0 unspecified atom stereocenters. The van der Waals surface area contributed by atoms with Gasteiger partial charge in [-0.1, -0.05) is 35.9 Å². The van der Waals surface area contributed by atoms with E-state index < -0.39 is 0 Å². The van der Waals surface area contributed by atoms with Crippen LogP contribution in [0.15, 0.2) is 57.9 Å². The van der Waals surface area contributed by atoms with Crippen molar-refractivity contribution in [3.8, 4) is 0 Å². The summed E-state index contributed by atoms with van der Waals surface area (Å²) in [6, 6.07) is 15.7. The fourth-order valence-electron chi connectivity index (χ4n) is 3.94. The minimum Gasteiger partial charge on any atom is -0.368 e. The van der Waals surface area contributed by atoms with Crippen molar-refractivity contribution in [2.45, 2.75) is 6.54 Å². The number of halogens is 2. The van der Waals surface area contributed by atoms with Crippen LogP contribution >= 0.6 is 27.5 Å². The van der Waals surface area contributed by atoms with E-state index in [4.69, 9.17) is 16.6 Å². The molecule has 0 saturated carbocycles. The Balaban J connectivity index is 1.40. The highest BCUT2D eigenvalue weighted by atomic mass is 79.9. The van der Waals surface area contributed by atoms with Gasteiger partial charge in [-0.2, -0.15) is 0 Å². The van der Waals surface area contributed by atoms with Gasteiger partial charge in [-0.3, -0.25) is 4.90 Å². The Bertz CT molecular complexity index is 1260. The molecule has 0 atom stereocenters. The number of rotatable bonds is 3. The summed E-state index contributed by atoms with van der Waals surface area (Å²) in [4.78, 5) is 25.0. The number of hydrogen-bond donors (Lipinski definition) is 1. The molecule has 1 saturated heterocycles. The topological polar surface area (TPSA) is 56.6 Å². The number of benzene rings is 2. The normalized spacial score (nSPS) is 15.4. The minimum absolute atomic E-state index is 0.187. The molecular formula is C21H19BrClN5O. The van der Waals surface area contributed by atoms with Crippen LogP contribution in [0.5, 0.6) is 0 Å². The van der Waals surface area contributed by atoms with Crippen molar-refractivity contribution in [1.29, 1.82) is 0 Å². The van der Waals surface area contributed by atoms with Crippen molar-refractivity contribution in [2.24, 2.45) is 0 Å². The molecule has 2 aromatic heterocycles. The number of nitrogens with zero attached hydrogens (tertiary/aromatic N) is 4. The number of para-hydroxylation sites is 2. The summed E-state index contributed by atoms with van der Waals surface area (Å²) in [5, 5.41) is 1.72. The monoisotopic (exact) mass is 471 g/mol. The fourth-order valence-corrected chi connectivity index (χ4v) is 4.74. The number of H-pyrrole nitrogens is 1. The van der Waals surface area contributed by atoms with Crippen molar-refractivity contribution in [1.82, 2.24) is 19.3 Å². The number of nitrogens with one attached hydrogen (secondary N) is 1. The molecular weight excluding hydrogens is 454 g/mol. The second-order valence-corrected chi connectivity index (χ2v) is 8.36. The van der Waals surface area contributed by atoms with E-state index in [1.807, 2.05) is 42.5 Å². The number of anilines is 1. The Morgan fingerprint density at radius 3 is 2.55 bits per heavy atom. The smallest absolute Gasteiger partial charge is 0.332 e. The predicted octanol–water partition coefficient (Wildman–Crippen LogP) is 3.91. The van der Waals surface area contributed by atoms with Gasteiger partial charge < -0.3 is 9.88 Å². The highest BCUT2D eigenvalue weighted by Crippen LogP contribution is 2.27. The van der Waals surface area contributed by atoms with Crippen LogP contribution in [-0.4, -0.2) is 45.4 Å². The Labute approximate surface area is 180 Å². The van der Waals surface area contributed by atoms with E-state index in [1.54, 1.807) is 4.40 Å². The third-order valence-corrected chi connectivity index (χ3v) is 6.57. The number of imidazole rings is 1. The lowest BCUT2D eigenvalue weighted by Crippen LogP contribution is -2.46. The third kappa shape index (κ3) is 3.33. The van der Waals surface area contributed by atoms with Gasteiger partial charge in [0.1, 0.15) is 4.60 Å². The molecule has 5 rings (SSSR count). The summed E-state index contributed by atoms with van der Waals surface area (Å²) in [6.45, 7) is 4.30. The Kier molecular flexibility index (Phi) is 4.81. The lowest BCUT2D eigenvalue weighted by atomic mass is 10.2. The van der Waals surface area contributed by atoms with Crippen LogP contribution in [0.2, 0.25) is 5.02 Å². The molecule has 4 aromatic rings. The Morgan fingerprint density at radius 1 is 1.03 bits per heavy atom. The second kappa shape index (κ2) is 7.48. The number of piperazine rings is 1. The molecule has 2 aromatic carbocycles. The van der Waals surface area contributed by atoms with Gasteiger partial charge in [0.05, 0.1) is 21.9 Å². The van der Waals surface area contributed by atoms with Gasteiger partial charge in [-0.05, 0) is 40.2 Å². The largest absolute Gasteiger partial charge is 0.368 e. The molecule has 1 aliphatic rings. The average Bonchev–Trinajstić information content (AvgIpc) is 3.06. The maximum atomic E-state index is 12.6. The second-order valence-electron chi connectivity index (χ2n) is 7.20. The van der Waals surface area contributed by atoms with E-state index in [-0.39, 0.29) is 5.69 Å². The van der Waals surface area contributed by atoms with Crippen LogP contribution in [0, 0.1) is 0 Å². The molecule has 1 aliphatic heterocycles. The first-order valence-electron chi connectivity index (χ1n) is 9.51. The molecule has 0 radical (unpaired) electrons. The van der Waals surface area contributed by atoms with E-state index in [9.17, 15) is 4.79 Å². The fraction of sp³-hybridized carbons (Fsp3) is 0.238. The molecule has 1 fully saturated rings. The number of aromatic nitrogens is 3. The summed E-state index contributed by atoms with van der Waals surface area (Å²) in [5.41, 5.74) is 3.25. The van der Waals surface area contributed by atoms with Gasteiger partial charge in [-0.25, -0.2) is 14.2 Å². The van der Waals surface area contributed by atoms with Gasteiger partial charge in [0.15, 0.2) is 5.65 Å². The zero-order chi connectivity index (χ0) is 20.0. The van der Waals surface area contributed by atoms with Gasteiger partial charge >= 0.3 is 5.69 Å². The third-order valence-electron chi connectivity index (χ3n) is 5.44. The lowest BCUT2D eigenvalue weighted by molar-refractivity contribution is 0.247. The summed E-state index contributed by atoms with van der Waals surface area (Å²) in [5.74, 6) is 0. The van der Waals surface area contributed by atoms with E-state index in [2.05, 4.69) is 36.8 Å². The highest BCUT2D eigenvalue weighted by molar-refractivity contribution is 9.10. The van der Waals surface area contributed by atoms with Crippen molar-refractivity contribution >= 4 is 49.8 Å². The van der Waals surface area contributed by atoms with Crippen molar-refractivity contribution in [3.63, 3.8) is 0 Å². The summed E-state index contributed by atoms with van der Waals surface area (Å²) < 4.78 is 2.32. The first-order valence-corrected chi connectivity index (χ1v) is 10.7. The molecule has 148 valence electrons. The molecule has 0 spiro atoms. The predicted molar refractivity (Wildman–Crippen MR) is 120 cm³/mol. The number of aromatic amines is 1. The van der Waals surface area contributed by atoms with Gasteiger partial charge in [-0.15, -0.1) is 0 Å². The van der Waals surface area contributed by atoms with E-state index in [1.165, 1.54) is 0 Å². The molecule has 0 bridgehead atoms. The first kappa shape index (κ1) is 18.7. The maximum absolute atomic E-state index is 12.6. The van der Waals surface area contributed by atoms with E-state index >= 15 is 0 Å². The van der Waals surface area contributed by atoms with Crippen LogP contribution in [0.1, 0.15) is 5.69 Å². The molecule has 1 N–H and O–H groups in total. The van der Waals surface area contributed by atoms with Crippen molar-refractivity contribution in [3.05, 3.63) is 74.3 Å². The van der Waals surface area contributed by atoms with Gasteiger partial charge in [0, 0.05) is 38.1 Å². The molecule has 3 heterocycles. The van der Waals surface area contributed by atoms with Crippen LogP contribution < -0.4 is 10.6 Å². The van der Waals surface area contributed by atoms with Crippen LogP contribution in [0.3, 0.4) is 0 Å². The maximum Gasteiger partial charge on any atom is 0.332 e. The number of hydrogen-bond acceptors (Lipinski definition) is 4. The summed E-state index contributed by atoms with van der Waals surface area (Å²) in [7, 11) is 0. The Hall–Kier alpha value is -2.35. The highest BCUT2D eigenvalue weighted by Gasteiger charge is 2.22. The quantitative estimate of drug-likeness (QED) is 0.491. The van der Waals surface area contributed by atoms with Crippen LogP contribution in [0.4, 0.5) is 5.69 Å². The van der Waals surface area contributed by atoms with Crippen LogP contribution in [0.25, 0.3) is 16.6 Å². The molecule has 29 heavy (non-hydrogen) atoms. The van der Waals surface area contributed by atoms with E-state index in [0.29, 0.717) is 16.8 Å². The summed E-state index contributed by atoms with van der Waals surface area (Å²) >= 11 is 9.94. The average molecular weight is 473 g/mol. The molecule has 8 heteroatoms. The molecule has 0 aliphatic carbocycles. The first-order chi connectivity index (χ1) is 14.1. The van der Waals surface area contributed by atoms with Crippen molar-refractivity contribution in [2.75, 3.05) is 31.1 Å². The SMILES string of the molecule is O=c1[nH]c2ccccc2c2nc(CN3CCN(c4ccccc4Cl)CC3)c(Br)n12. The standard InChI is InChI=1S/C21H19BrClN5O/c22-19-17(24-20-14-5-1-3-7-16(14)25-21(29)28(19)20)13-26-9-11-27(12-10-26)18-8-4-2-6-15(18)23/h1-8H,9-13H2,(H,25,29). The minimum atomic E-state index is -0.187. The zero-order valence-corrected chi connectivity index (χ0v) is 17.9. The number of fused-ring (bicyclic) bond motifs is 3. The summed E-state index contributed by atoms with van der Waals surface area (Å²) in [6.07, 6.45) is 0. The zero-order valence-electron chi connectivity index (χ0n) is 15.6. The molecule has 6 nitrogen and oxygen atoms in total. The van der Waals surface area contributed by atoms with Crippen molar-refractivity contribution < 1.29 is 0 Å². The van der Waals surface area contributed by atoms with Gasteiger partial charge in [0.25, 0.3) is 0 Å². The molecule has 0 amide bonds. The van der Waals surface area contributed by atoms with E-state index in [0.717, 1.165) is 53.5 Å².